The zero-order valence-electron chi connectivity index (χ0n) is 11.7. The highest BCUT2D eigenvalue weighted by Crippen LogP contribution is 2.14. The molecule has 3 aromatic rings. The van der Waals surface area contributed by atoms with E-state index in [-0.39, 0.29) is 18.0 Å². The summed E-state index contributed by atoms with van der Waals surface area (Å²) in [4.78, 5) is 15.8. The monoisotopic (exact) mass is 301 g/mol. The SMILES string of the molecule is COc1ncc(C(=O)NCc2cnn3ncccc23)cc1F. The smallest absolute Gasteiger partial charge is 0.253 e. The van der Waals surface area contributed by atoms with Crippen molar-refractivity contribution in [2.75, 3.05) is 7.11 Å². The number of halogens is 1. The first-order valence-corrected chi connectivity index (χ1v) is 6.44. The van der Waals surface area contributed by atoms with Crippen LogP contribution >= 0.6 is 0 Å². The van der Waals surface area contributed by atoms with E-state index in [1.807, 2.05) is 6.07 Å². The van der Waals surface area contributed by atoms with E-state index >= 15 is 0 Å². The van der Waals surface area contributed by atoms with E-state index in [1.54, 1.807) is 18.5 Å². The lowest BCUT2D eigenvalue weighted by Crippen LogP contribution is -2.23. The normalized spacial score (nSPS) is 10.6. The van der Waals surface area contributed by atoms with Crippen LogP contribution < -0.4 is 10.1 Å². The molecule has 0 saturated heterocycles. The lowest BCUT2D eigenvalue weighted by Gasteiger charge is -2.05. The largest absolute Gasteiger partial charge is 0.479 e. The minimum Gasteiger partial charge on any atom is -0.479 e. The number of nitrogens with zero attached hydrogens (tertiary/aromatic N) is 4. The van der Waals surface area contributed by atoms with E-state index in [9.17, 15) is 9.18 Å². The number of fused-ring (bicyclic) bond motifs is 1. The maximum atomic E-state index is 13.5. The maximum Gasteiger partial charge on any atom is 0.253 e. The molecule has 0 aliphatic carbocycles. The molecule has 3 heterocycles. The van der Waals surface area contributed by atoms with Crippen LogP contribution in [-0.4, -0.2) is 32.8 Å². The first kappa shape index (κ1) is 13.9. The van der Waals surface area contributed by atoms with Crippen LogP contribution in [0.2, 0.25) is 0 Å². The van der Waals surface area contributed by atoms with Crippen LogP contribution in [0.5, 0.6) is 5.88 Å². The fourth-order valence-corrected chi connectivity index (χ4v) is 2.00. The lowest BCUT2D eigenvalue weighted by molar-refractivity contribution is 0.0950. The Kier molecular flexibility index (Phi) is 3.65. The molecule has 0 radical (unpaired) electrons. The second-order valence-electron chi connectivity index (χ2n) is 4.47. The molecule has 0 spiro atoms. The van der Waals surface area contributed by atoms with Crippen LogP contribution in [-0.2, 0) is 6.54 Å². The van der Waals surface area contributed by atoms with Crippen molar-refractivity contribution < 1.29 is 13.9 Å². The summed E-state index contributed by atoms with van der Waals surface area (Å²) in [5.41, 5.74) is 1.72. The van der Waals surface area contributed by atoms with Gasteiger partial charge in [-0.05, 0) is 18.2 Å². The van der Waals surface area contributed by atoms with Crippen LogP contribution in [0.25, 0.3) is 5.52 Å². The van der Waals surface area contributed by atoms with E-state index in [0.717, 1.165) is 17.1 Å². The number of carbonyl (C=O) groups excluding carboxylic acids is 1. The van der Waals surface area contributed by atoms with Crippen molar-refractivity contribution in [2.45, 2.75) is 6.54 Å². The van der Waals surface area contributed by atoms with Gasteiger partial charge in [0.25, 0.3) is 5.91 Å². The molecule has 112 valence electrons. The van der Waals surface area contributed by atoms with E-state index < -0.39 is 11.7 Å². The van der Waals surface area contributed by atoms with Crippen molar-refractivity contribution in [3.8, 4) is 5.88 Å². The third-order valence-corrected chi connectivity index (χ3v) is 3.09. The number of hydrogen-bond donors (Lipinski definition) is 1. The molecular weight excluding hydrogens is 289 g/mol. The van der Waals surface area contributed by atoms with Crippen molar-refractivity contribution in [3.63, 3.8) is 0 Å². The average molecular weight is 301 g/mol. The number of carbonyl (C=O) groups is 1. The molecule has 0 fully saturated rings. The third kappa shape index (κ3) is 2.58. The number of amides is 1. The Balaban J connectivity index is 1.73. The Morgan fingerprint density at radius 1 is 1.41 bits per heavy atom. The molecule has 0 unspecified atom stereocenters. The molecule has 0 aromatic carbocycles. The number of aromatic nitrogens is 4. The molecule has 3 aromatic heterocycles. The number of hydrogen-bond acceptors (Lipinski definition) is 5. The number of pyridine rings is 1. The quantitative estimate of drug-likeness (QED) is 0.783. The summed E-state index contributed by atoms with van der Waals surface area (Å²) in [6.45, 7) is 0.252. The van der Waals surface area contributed by atoms with Gasteiger partial charge >= 0.3 is 0 Å². The van der Waals surface area contributed by atoms with Crippen molar-refractivity contribution >= 4 is 11.4 Å². The lowest BCUT2D eigenvalue weighted by atomic mass is 10.2. The topological polar surface area (TPSA) is 81.4 Å². The van der Waals surface area contributed by atoms with E-state index in [1.165, 1.54) is 17.9 Å². The molecule has 1 amide bonds. The molecule has 0 bridgehead atoms. The summed E-state index contributed by atoms with van der Waals surface area (Å²) in [5.74, 6) is -1.27. The van der Waals surface area contributed by atoms with Crippen LogP contribution in [0.4, 0.5) is 4.39 Å². The molecule has 3 rings (SSSR count). The molecule has 7 nitrogen and oxygen atoms in total. The highest BCUT2D eigenvalue weighted by Gasteiger charge is 2.12. The standard InChI is InChI=1S/C14H12FN5O2/c1-22-14-11(15)5-9(6-17-14)13(21)16-7-10-8-19-20-12(10)3-2-4-18-20/h2-6,8H,7H2,1H3,(H,16,21). The van der Waals surface area contributed by atoms with Crippen LogP contribution in [0.3, 0.4) is 0 Å². The highest BCUT2D eigenvalue weighted by molar-refractivity contribution is 5.94. The van der Waals surface area contributed by atoms with Crippen LogP contribution in [0, 0.1) is 5.82 Å². The Bertz CT molecular complexity index is 833. The summed E-state index contributed by atoms with van der Waals surface area (Å²) < 4.78 is 19.7. The summed E-state index contributed by atoms with van der Waals surface area (Å²) in [5, 5.41) is 10.8. The highest BCUT2D eigenvalue weighted by atomic mass is 19.1. The van der Waals surface area contributed by atoms with E-state index in [0.29, 0.717) is 0 Å². The van der Waals surface area contributed by atoms with Crippen molar-refractivity contribution in [1.82, 2.24) is 25.1 Å². The van der Waals surface area contributed by atoms with Gasteiger partial charge in [0.1, 0.15) is 0 Å². The van der Waals surface area contributed by atoms with Crippen molar-refractivity contribution in [2.24, 2.45) is 0 Å². The Hall–Kier alpha value is -3.03. The second kappa shape index (κ2) is 5.76. The molecule has 0 aliphatic heterocycles. The van der Waals surface area contributed by atoms with Gasteiger partial charge in [0.05, 0.1) is 24.4 Å². The van der Waals surface area contributed by atoms with E-state index in [4.69, 9.17) is 4.74 Å². The summed E-state index contributed by atoms with van der Waals surface area (Å²) in [6.07, 6.45) is 4.50. The van der Waals surface area contributed by atoms with Gasteiger partial charge in [-0.15, -0.1) is 0 Å². The van der Waals surface area contributed by atoms with Gasteiger partial charge < -0.3 is 10.1 Å². The fourth-order valence-electron chi connectivity index (χ4n) is 2.00. The summed E-state index contributed by atoms with van der Waals surface area (Å²) in [6, 6.07) is 4.71. The fraction of sp³-hybridized carbons (Fsp3) is 0.143. The average Bonchev–Trinajstić information content (AvgIpc) is 2.95. The second-order valence-corrected chi connectivity index (χ2v) is 4.47. The summed E-state index contributed by atoms with van der Waals surface area (Å²) >= 11 is 0. The van der Waals surface area contributed by atoms with E-state index in [2.05, 4.69) is 20.5 Å². The van der Waals surface area contributed by atoms with Gasteiger partial charge in [0, 0.05) is 24.5 Å². The first-order chi connectivity index (χ1) is 10.7. The maximum absolute atomic E-state index is 13.5. The zero-order chi connectivity index (χ0) is 15.5. The molecular formula is C14H12FN5O2. The van der Waals surface area contributed by atoms with Gasteiger partial charge in [0.15, 0.2) is 5.82 Å². The van der Waals surface area contributed by atoms with Crippen molar-refractivity contribution in [3.05, 3.63) is 53.7 Å². The van der Waals surface area contributed by atoms with Gasteiger partial charge in [-0.3, -0.25) is 4.79 Å². The molecule has 0 saturated carbocycles. The Morgan fingerprint density at radius 2 is 2.27 bits per heavy atom. The molecule has 22 heavy (non-hydrogen) atoms. The predicted molar refractivity (Wildman–Crippen MR) is 74.9 cm³/mol. The van der Waals surface area contributed by atoms with Gasteiger partial charge in [-0.25, -0.2) is 9.37 Å². The van der Waals surface area contributed by atoms with Crippen LogP contribution in [0.1, 0.15) is 15.9 Å². The minimum absolute atomic E-state index is 0.118. The number of methoxy groups -OCH3 is 1. The number of nitrogens with one attached hydrogen (secondary N) is 1. The predicted octanol–water partition coefficient (Wildman–Crippen LogP) is 1.20. The Morgan fingerprint density at radius 3 is 3.05 bits per heavy atom. The molecule has 0 aliphatic rings. The van der Waals surface area contributed by atoms with Gasteiger partial charge in [-0.1, -0.05) is 0 Å². The van der Waals surface area contributed by atoms with Gasteiger partial charge in [0.2, 0.25) is 5.88 Å². The zero-order valence-corrected chi connectivity index (χ0v) is 11.7. The van der Waals surface area contributed by atoms with Crippen LogP contribution in [0.15, 0.2) is 36.8 Å². The summed E-state index contributed by atoms with van der Waals surface area (Å²) in [7, 11) is 1.31. The molecule has 0 atom stereocenters. The Labute approximate surface area is 124 Å². The van der Waals surface area contributed by atoms with Gasteiger partial charge in [-0.2, -0.15) is 14.8 Å². The first-order valence-electron chi connectivity index (χ1n) is 6.44. The molecule has 1 N–H and O–H groups in total. The minimum atomic E-state index is -0.685. The van der Waals surface area contributed by atoms with Crippen molar-refractivity contribution in [1.29, 1.82) is 0 Å². The number of ether oxygens (including phenoxy) is 1. The number of rotatable bonds is 4. The molecule has 8 heteroatoms. The third-order valence-electron chi connectivity index (χ3n) is 3.09.